The van der Waals surface area contributed by atoms with E-state index < -0.39 is 0 Å². The maximum Gasteiger partial charge on any atom is 0.106 e. The third-order valence-corrected chi connectivity index (χ3v) is 3.57. The molecule has 0 aliphatic carbocycles. The number of pyridine rings is 1. The zero-order chi connectivity index (χ0) is 11.5. The Morgan fingerprint density at radius 2 is 2.31 bits per heavy atom. The first-order valence-electron chi connectivity index (χ1n) is 6.02. The number of halogens is 1. The number of nitrogens with zero attached hydrogens (tertiary/aromatic N) is 2. The fraction of sp³-hybridized carbons (Fsp3) is 0.615. The van der Waals surface area contributed by atoms with Crippen LogP contribution < -0.4 is 0 Å². The normalized spacial score (nSPS) is 21.9. The van der Waals surface area contributed by atoms with Crippen molar-refractivity contribution in [3.05, 3.63) is 28.5 Å². The van der Waals surface area contributed by atoms with Crippen LogP contribution in [-0.4, -0.2) is 23.0 Å². The third kappa shape index (κ3) is 2.83. The largest absolute Gasteiger partial charge is 0.296 e. The number of hydrogen-bond donors (Lipinski definition) is 0. The van der Waals surface area contributed by atoms with E-state index in [4.69, 9.17) is 0 Å². The van der Waals surface area contributed by atoms with Crippen molar-refractivity contribution >= 4 is 15.9 Å². The van der Waals surface area contributed by atoms with Gasteiger partial charge in [-0.15, -0.1) is 0 Å². The SMILES string of the molecule is CC(C)CN1CCC[C@H]1c1ccc(Br)nc1. The summed E-state index contributed by atoms with van der Waals surface area (Å²) in [5, 5.41) is 0. The van der Waals surface area contributed by atoms with Gasteiger partial charge in [-0.2, -0.15) is 0 Å². The second kappa shape index (κ2) is 5.28. The molecule has 0 unspecified atom stereocenters. The Hall–Kier alpha value is -0.410. The number of rotatable bonds is 3. The first-order valence-corrected chi connectivity index (χ1v) is 6.81. The van der Waals surface area contributed by atoms with Crippen molar-refractivity contribution in [2.24, 2.45) is 5.92 Å². The van der Waals surface area contributed by atoms with Crippen LogP contribution in [0, 0.1) is 5.92 Å². The Morgan fingerprint density at radius 1 is 1.50 bits per heavy atom. The summed E-state index contributed by atoms with van der Waals surface area (Å²) in [4.78, 5) is 6.92. The molecule has 2 rings (SSSR count). The lowest BCUT2D eigenvalue weighted by Gasteiger charge is -2.26. The second-order valence-electron chi connectivity index (χ2n) is 4.96. The molecular weight excluding hydrogens is 264 g/mol. The van der Waals surface area contributed by atoms with Crippen molar-refractivity contribution in [1.82, 2.24) is 9.88 Å². The molecule has 88 valence electrons. The average molecular weight is 283 g/mol. The molecule has 2 heterocycles. The fourth-order valence-corrected chi connectivity index (χ4v) is 2.71. The molecule has 0 spiro atoms. The smallest absolute Gasteiger partial charge is 0.106 e. The predicted octanol–water partition coefficient (Wildman–Crippen LogP) is 3.64. The van der Waals surface area contributed by atoms with Gasteiger partial charge in [0.25, 0.3) is 0 Å². The van der Waals surface area contributed by atoms with Gasteiger partial charge in [-0.3, -0.25) is 4.90 Å². The minimum atomic E-state index is 0.586. The van der Waals surface area contributed by atoms with E-state index in [1.807, 2.05) is 12.3 Å². The van der Waals surface area contributed by atoms with Crippen LogP contribution in [0.5, 0.6) is 0 Å². The van der Waals surface area contributed by atoms with Crippen LogP contribution in [0.2, 0.25) is 0 Å². The van der Waals surface area contributed by atoms with Crippen molar-refractivity contribution in [2.75, 3.05) is 13.1 Å². The van der Waals surface area contributed by atoms with E-state index in [9.17, 15) is 0 Å². The van der Waals surface area contributed by atoms with Gasteiger partial charge in [0.2, 0.25) is 0 Å². The van der Waals surface area contributed by atoms with Crippen LogP contribution in [0.15, 0.2) is 22.9 Å². The van der Waals surface area contributed by atoms with Crippen LogP contribution in [-0.2, 0) is 0 Å². The Bertz CT molecular complexity index is 334. The van der Waals surface area contributed by atoms with Crippen LogP contribution in [0.3, 0.4) is 0 Å². The highest BCUT2D eigenvalue weighted by Gasteiger charge is 2.26. The predicted molar refractivity (Wildman–Crippen MR) is 70.3 cm³/mol. The highest BCUT2D eigenvalue weighted by Crippen LogP contribution is 2.32. The highest BCUT2D eigenvalue weighted by atomic mass is 79.9. The van der Waals surface area contributed by atoms with Gasteiger partial charge < -0.3 is 0 Å². The van der Waals surface area contributed by atoms with E-state index in [-0.39, 0.29) is 0 Å². The summed E-state index contributed by atoms with van der Waals surface area (Å²) in [6.07, 6.45) is 4.59. The van der Waals surface area contributed by atoms with Crippen molar-refractivity contribution < 1.29 is 0 Å². The molecule has 1 aromatic rings. The monoisotopic (exact) mass is 282 g/mol. The van der Waals surface area contributed by atoms with Crippen molar-refractivity contribution in [2.45, 2.75) is 32.7 Å². The molecule has 1 aromatic heterocycles. The molecule has 0 aromatic carbocycles. The minimum Gasteiger partial charge on any atom is -0.296 e. The summed E-state index contributed by atoms with van der Waals surface area (Å²) < 4.78 is 0.921. The van der Waals surface area contributed by atoms with Gasteiger partial charge in [0.1, 0.15) is 4.60 Å². The average Bonchev–Trinajstić information content (AvgIpc) is 2.66. The quantitative estimate of drug-likeness (QED) is 0.787. The molecule has 1 aliphatic rings. The standard InChI is InChI=1S/C13H19BrN2/c1-10(2)9-16-7-3-4-12(16)11-5-6-13(14)15-8-11/h5-6,8,10,12H,3-4,7,9H2,1-2H3/t12-/m0/s1. The van der Waals surface area contributed by atoms with Crippen molar-refractivity contribution in [3.8, 4) is 0 Å². The lowest BCUT2D eigenvalue weighted by Crippen LogP contribution is -2.27. The second-order valence-corrected chi connectivity index (χ2v) is 5.77. The molecule has 16 heavy (non-hydrogen) atoms. The van der Waals surface area contributed by atoms with Crippen LogP contribution in [0.1, 0.15) is 38.3 Å². The molecule has 1 aliphatic heterocycles. The Balaban J connectivity index is 2.10. The van der Waals surface area contributed by atoms with Gasteiger partial charge in [0.05, 0.1) is 0 Å². The van der Waals surface area contributed by atoms with Crippen LogP contribution >= 0.6 is 15.9 Å². The van der Waals surface area contributed by atoms with Crippen molar-refractivity contribution in [1.29, 1.82) is 0 Å². The molecular formula is C13H19BrN2. The number of hydrogen-bond acceptors (Lipinski definition) is 2. The highest BCUT2D eigenvalue weighted by molar-refractivity contribution is 9.10. The summed E-state index contributed by atoms with van der Waals surface area (Å²) in [6.45, 7) is 7.00. The van der Waals surface area contributed by atoms with E-state index in [1.54, 1.807) is 0 Å². The Labute approximate surface area is 106 Å². The minimum absolute atomic E-state index is 0.586. The van der Waals surface area contributed by atoms with Gasteiger partial charge in [0, 0.05) is 18.8 Å². The zero-order valence-electron chi connectivity index (χ0n) is 9.99. The number of aromatic nitrogens is 1. The maximum atomic E-state index is 4.33. The first kappa shape index (κ1) is 12.1. The molecule has 2 nitrogen and oxygen atoms in total. The number of likely N-dealkylation sites (tertiary alicyclic amines) is 1. The maximum absolute atomic E-state index is 4.33. The lowest BCUT2D eigenvalue weighted by atomic mass is 10.1. The van der Waals surface area contributed by atoms with Crippen LogP contribution in [0.25, 0.3) is 0 Å². The molecule has 0 amide bonds. The summed E-state index contributed by atoms with van der Waals surface area (Å²) in [7, 11) is 0. The van der Waals surface area contributed by atoms with Gasteiger partial charge in [-0.1, -0.05) is 19.9 Å². The lowest BCUT2D eigenvalue weighted by molar-refractivity contribution is 0.228. The molecule has 1 saturated heterocycles. The van der Waals surface area contributed by atoms with E-state index in [0.29, 0.717) is 6.04 Å². The van der Waals surface area contributed by atoms with Crippen LogP contribution in [0.4, 0.5) is 0 Å². The first-order chi connectivity index (χ1) is 7.66. The van der Waals surface area contributed by atoms with Crippen molar-refractivity contribution in [3.63, 3.8) is 0 Å². The van der Waals surface area contributed by atoms with E-state index in [2.05, 4.69) is 45.7 Å². The van der Waals surface area contributed by atoms with E-state index >= 15 is 0 Å². The molecule has 0 radical (unpaired) electrons. The Kier molecular flexibility index (Phi) is 3.98. The molecule has 3 heteroatoms. The summed E-state index contributed by atoms with van der Waals surface area (Å²) in [5.41, 5.74) is 1.36. The van der Waals surface area contributed by atoms with Gasteiger partial charge >= 0.3 is 0 Å². The molecule has 0 saturated carbocycles. The molecule has 0 N–H and O–H groups in total. The fourth-order valence-electron chi connectivity index (χ4n) is 2.48. The van der Waals surface area contributed by atoms with E-state index in [1.165, 1.54) is 31.5 Å². The Morgan fingerprint density at radius 3 is 2.94 bits per heavy atom. The zero-order valence-corrected chi connectivity index (χ0v) is 11.6. The van der Waals surface area contributed by atoms with Gasteiger partial charge in [0.15, 0.2) is 0 Å². The third-order valence-electron chi connectivity index (χ3n) is 3.10. The summed E-state index contributed by atoms with van der Waals surface area (Å²) in [6, 6.07) is 4.82. The molecule has 1 atom stereocenters. The van der Waals surface area contributed by atoms with E-state index in [0.717, 1.165) is 10.5 Å². The summed E-state index contributed by atoms with van der Waals surface area (Å²) >= 11 is 3.38. The van der Waals surface area contributed by atoms with Gasteiger partial charge in [-0.25, -0.2) is 4.98 Å². The topological polar surface area (TPSA) is 16.1 Å². The molecule has 0 bridgehead atoms. The van der Waals surface area contributed by atoms with Gasteiger partial charge in [-0.05, 0) is 52.9 Å². The summed E-state index contributed by atoms with van der Waals surface area (Å²) in [5.74, 6) is 0.740. The molecule has 1 fully saturated rings.